The fourth-order valence-electron chi connectivity index (χ4n) is 4.06. The molecular weight excluding hydrogens is 425 g/mol. The van der Waals surface area contributed by atoms with Crippen LogP contribution in [0.5, 0.6) is 0 Å². The van der Waals surface area contributed by atoms with Gasteiger partial charge in [0.05, 0.1) is 0 Å². The zero-order valence-electron chi connectivity index (χ0n) is 18.3. The molecule has 0 atom stereocenters. The second-order valence-electron chi connectivity index (χ2n) is 8.26. The molecule has 0 unspecified atom stereocenters. The van der Waals surface area contributed by atoms with Crippen LogP contribution in [0, 0.1) is 0 Å². The van der Waals surface area contributed by atoms with Crippen LogP contribution in [0.2, 0.25) is 0 Å². The fraction of sp³-hybridized carbons (Fsp3) is 0.609. The van der Waals surface area contributed by atoms with Crippen LogP contribution in [0.25, 0.3) is 0 Å². The molecule has 2 aliphatic rings. The molecular formula is C23H31F3N2O4. The minimum Gasteiger partial charge on any atom is -0.475 e. The van der Waals surface area contributed by atoms with Crippen molar-refractivity contribution >= 4 is 17.7 Å². The second-order valence-corrected chi connectivity index (χ2v) is 8.26. The molecule has 178 valence electrons. The number of carbonyl (C=O) groups excluding carboxylic acids is 2. The smallest absolute Gasteiger partial charge is 0.475 e. The largest absolute Gasteiger partial charge is 0.490 e. The summed E-state index contributed by atoms with van der Waals surface area (Å²) in [6, 6.07) is 6.43. The van der Waals surface area contributed by atoms with Crippen LogP contribution in [0.4, 0.5) is 13.2 Å². The summed E-state index contributed by atoms with van der Waals surface area (Å²) in [5.74, 6) is -2.56. The molecule has 6 nitrogen and oxygen atoms in total. The molecule has 1 aromatic carbocycles. The van der Waals surface area contributed by atoms with E-state index in [1.54, 1.807) is 0 Å². The number of hydrogen-bond donors (Lipinski definition) is 2. The van der Waals surface area contributed by atoms with E-state index in [-0.39, 0.29) is 11.7 Å². The summed E-state index contributed by atoms with van der Waals surface area (Å²) in [6.07, 6.45) is 3.47. The average molecular weight is 457 g/mol. The van der Waals surface area contributed by atoms with Crippen LogP contribution in [0.1, 0.15) is 66.4 Å². The van der Waals surface area contributed by atoms with Gasteiger partial charge in [0, 0.05) is 31.5 Å². The molecule has 2 N–H and O–H groups in total. The van der Waals surface area contributed by atoms with Crippen LogP contribution in [0.3, 0.4) is 0 Å². The normalized spacial score (nSPS) is 16.8. The van der Waals surface area contributed by atoms with Crippen LogP contribution in [-0.4, -0.2) is 60.0 Å². The third-order valence-corrected chi connectivity index (χ3v) is 5.99. The summed E-state index contributed by atoms with van der Waals surface area (Å²) in [5.41, 5.74) is 3.38. The molecule has 0 radical (unpaired) electrons. The van der Waals surface area contributed by atoms with E-state index in [0.29, 0.717) is 18.9 Å². The molecule has 1 aliphatic heterocycles. The van der Waals surface area contributed by atoms with E-state index in [9.17, 15) is 22.8 Å². The van der Waals surface area contributed by atoms with E-state index in [1.807, 2.05) is 24.1 Å². The van der Waals surface area contributed by atoms with E-state index in [1.165, 1.54) is 30.4 Å². The van der Waals surface area contributed by atoms with Crippen molar-refractivity contribution in [3.8, 4) is 0 Å². The first kappa shape index (κ1) is 25.8. The minimum atomic E-state index is -5.08. The first-order chi connectivity index (χ1) is 15.1. The number of Topliss-reactive ketones (excluding diaryl/α,β-unsaturated/α-hetero) is 1. The number of nitrogens with one attached hydrogen (secondary N) is 1. The van der Waals surface area contributed by atoms with Gasteiger partial charge >= 0.3 is 12.1 Å². The number of halogens is 3. The summed E-state index contributed by atoms with van der Waals surface area (Å²) in [4.78, 5) is 35.7. The van der Waals surface area contributed by atoms with Gasteiger partial charge in [0.25, 0.3) is 0 Å². The van der Waals surface area contributed by atoms with Gasteiger partial charge in [-0.05, 0) is 56.0 Å². The Balaban J connectivity index is 0.000000451. The van der Waals surface area contributed by atoms with Crippen molar-refractivity contribution in [2.75, 3.05) is 20.1 Å². The minimum absolute atomic E-state index is 0.0883. The summed E-state index contributed by atoms with van der Waals surface area (Å²) >= 11 is 0. The van der Waals surface area contributed by atoms with E-state index in [2.05, 4.69) is 11.4 Å². The van der Waals surface area contributed by atoms with Crippen molar-refractivity contribution in [2.45, 2.75) is 70.0 Å². The molecule has 3 rings (SSSR count). The highest BCUT2D eigenvalue weighted by atomic mass is 19.4. The number of aliphatic carboxylic acids is 1. The maximum atomic E-state index is 12.5. The average Bonchev–Trinajstić information content (AvgIpc) is 3.02. The summed E-state index contributed by atoms with van der Waals surface area (Å²) in [5, 5.41) is 10.5. The van der Waals surface area contributed by atoms with Crippen LogP contribution < -0.4 is 5.32 Å². The molecule has 32 heavy (non-hydrogen) atoms. The van der Waals surface area contributed by atoms with Crippen molar-refractivity contribution in [3.63, 3.8) is 0 Å². The number of rotatable bonds is 5. The van der Waals surface area contributed by atoms with Gasteiger partial charge in [-0.3, -0.25) is 9.59 Å². The zero-order valence-corrected chi connectivity index (χ0v) is 18.3. The second kappa shape index (κ2) is 12.0. The standard InChI is InChI=1S/C21H30N2O2.C2HF3O2/c1-23(19-5-3-2-4-6-19)21(25)10-9-20(24)18-8-7-16-11-13-22-14-12-17(16)15-18;3-2(4,5)1(6)7/h7-8,15,19,22H,2-6,9-14H2,1H3;(H,6,7). The number of benzene rings is 1. The Hall–Kier alpha value is -2.42. The van der Waals surface area contributed by atoms with Crippen molar-refractivity contribution in [3.05, 3.63) is 34.9 Å². The van der Waals surface area contributed by atoms with Crippen molar-refractivity contribution in [2.24, 2.45) is 0 Å². The quantitative estimate of drug-likeness (QED) is 0.659. The SMILES string of the molecule is CN(C(=O)CCC(=O)c1ccc2c(c1)CCNCC2)C1CCCCC1.O=C(O)C(F)(F)F. The lowest BCUT2D eigenvalue weighted by molar-refractivity contribution is -0.192. The molecule has 9 heteroatoms. The molecule has 1 aliphatic carbocycles. The molecule has 0 saturated heterocycles. The molecule has 1 amide bonds. The van der Waals surface area contributed by atoms with Gasteiger partial charge < -0.3 is 15.3 Å². The van der Waals surface area contributed by atoms with E-state index >= 15 is 0 Å². The van der Waals surface area contributed by atoms with Gasteiger partial charge in [0.15, 0.2) is 5.78 Å². The number of carboxylic acids is 1. The Bertz CT molecular complexity index is 805. The maximum absolute atomic E-state index is 12.5. The molecule has 0 bridgehead atoms. The fourth-order valence-corrected chi connectivity index (χ4v) is 4.06. The Morgan fingerprint density at radius 3 is 2.22 bits per heavy atom. The lowest BCUT2D eigenvalue weighted by Crippen LogP contribution is -2.38. The molecule has 0 aromatic heterocycles. The van der Waals surface area contributed by atoms with Crippen molar-refractivity contribution in [1.82, 2.24) is 10.2 Å². The Labute approximate surface area is 186 Å². The topological polar surface area (TPSA) is 86.7 Å². The molecule has 0 spiro atoms. The lowest BCUT2D eigenvalue weighted by Gasteiger charge is -2.31. The Morgan fingerprint density at radius 1 is 1.03 bits per heavy atom. The van der Waals surface area contributed by atoms with Crippen molar-refractivity contribution < 1.29 is 32.7 Å². The number of carboxylic acid groups (broad SMARTS) is 1. The maximum Gasteiger partial charge on any atom is 0.490 e. The number of fused-ring (bicyclic) bond motifs is 1. The van der Waals surface area contributed by atoms with Gasteiger partial charge in [0.2, 0.25) is 5.91 Å². The zero-order chi connectivity index (χ0) is 23.7. The highest BCUT2D eigenvalue weighted by Gasteiger charge is 2.38. The number of carbonyl (C=O) groups is 3. The number of ketones is 1. The van der Waals surface area contributed by atoms with Gasteiger partial charge in [-0.15, -0.1) is 0 Å². The monoisotopic (exact) mass is 456 g/mol. The van der Waals surface area contributed by atoms with Gasteiger partial charge in [-0.2, -0.15) is 13.2 Å². The lowest BCUT2D eigenvalue weighted by atomic mass is 9.94. The first-order valence-electron chi connectivity index (χ1n) is 11.0. The summed E-state index contributed by atoms with van der Waals surface area (Å²) in [7, 11) is 1.90. The third-order valence-electron chi connectivity index (χ3n) is 5.99. The van der Waals surface area contributed by atoms with Gasteiger partial charge in [-0.25, -0.2) is 4.79 Å². The molecule has 1 saturated carbocycles. The van der Waals surface area contributed by atoms with Gasteiger partial charge in [-0.1, -0.05) is 31.4 Å². The first-order valence-corrected chi connectivity index (χ1v) is 11.0. The van der Waals surface area contributed by atoms with Crippen molar-refractivity contribution in [1.29, 1.82) is 0 Å². The van der Waals surface area contributed by atoms with Gasteiger partial charge in [0.1, 0.15) is 0 Å². The summed E-state index contributed by atoms with van der Waals surface area (Å²) in [6.45, 7) is 1.97. The molecule has 1 heterocycles. The highest BCUT2D eigenvalue weighted by molar-refractivity contribution is 5.98. The molecule has 1 fully saturated rings. The van der Waals surface area contributed by atoms with E-state index in [4.69, 9.17) is 9.90 Å². The molecule has 1 aromatic rings. The number of nitrogens with zero attached hydrogens (tertiary/aromatic N) is 1. The predicted molar refractivity (Wildman–Crippen MR) is 114 cm³/mol. The van der Waals surface area contributed by atoms with E-state index < -0.39 is 12.1 Å². The number of hydrogen-bond acceptors (Lipinski definition) is 4. The van der Waals surface area contributed by atoms with Crippen LogP contribution in [0.15, 0.2) is 18.2 Å². The number of amides is 1. The number of alkyl halides is 3. The Morgan fingerprint density at radius 2 is 1.62 bits per heavy atom. The highest BCUT2D eigenvalue weighted by Crippen LogP contribution is 2.23. The van der Waals surface area contributed by atoms with E-state index in [0.717, 1.165) is 44.3 Å². The van der Waals surface area contributed by atoms with Crippen LogP contribution >= 0.6 is 0 Å². The Kier molecular flexibility index (Phi) is 9.68. The van der Waals surface area contributed by atoms with Crippen LogP contribution in [-0.2, 0) is 22.4 Å². The summed E-state index contributed by atoms with van der Waals surface area (Å²) < 4.78 is 31.7. The predicted octanol–water partition coefficient (Wildman–Crippen LogP) is 3.76. The third kappa shape index (κ3) is 7.93.